The first-order chi connectivity index (χ1) is 8.24. The number of hydrogen-bond acceptors (Lipinski definition) is 2. The Balaban J connectivity index is 1.70. The van der Waals surface area contributed by atoms with Crippen molar-refractivity contribution in [2.24, 2.45) is 11.8 Å². The van der Waals surface area contributed by atoms with Gasteiger partial charge in [-0.05, 0) is 42.6 Å². The zero-order valence-corrected chi connectivity index (χ0v) is 10.1. The van der Waals surface area contributed by atoms with Gasteiger partial charge in [-0.1, -0.05) is 30.3 Å². The fraction of sp³-hybridized carbons (Fsp3) is 0.533. The van der Waals surface area contributed by atoms with Crippen LogP contribution in [0.15, 0.2) is 30.3 Å². The second kappa shape index (κ2) is 4.17. The van der Waals surface area contributed by atoms with Crippen molar-refractivity contribution in [3.05, 3.63) is 35.9 Å². The van der Waals surface area contributed by atoms with Gasteiger partial charge in [-0.2, -0.15) is 0 Å². The molecule has 4 atom stereocenters. The summed E-state index contributed by atoms with van der Waals surface area (Å²) in [7, 11) is 0. The van der Waals surface area contributed by atoms with Gasteiger partial charge in [0.2, 0.25) is 0 Å². The molecule has 3 rings (SSSR count). The Morgan fingerprint density at radius 1 is 1.12 bits per heavy atom. The number of carbonyl (C=O) groups is 1. The number of fused-ring (bicyclic) bond motifs is 2. The van der Waals surface area contributed by atoms with E-state index < -0.39 is 0 Å². The molecule has 0 radical (unpaired) electrons. The maximum absolute atomic E-state index is 11.0. The quantitative estimate of drug-likeness (QED) is 0.730. The van der Waals surface area contributed by atoms with Crippen LogP contribution in [-0.2, 0) is 9.53 Å². The average Bonchev–Trinajstić information content (AvgIpc) is 2.88. The Hall–Kier alpha value is -1.31. The highest BCUT2D eigenvalue weighted by Gasteiger charge is 2.47. The molecule has 0 spiro atoms. The van der Waals surface area contributed by atoms with Crippen LogP contribution in [0, 0.1) is 11.8 Å². The summed E-state index contributed by atoms with van der Waals surface area (Å²) in [5, 5.41) is 0. The Kier molecular flexibility index (Phi) is 2.65. The zero-order chi connectivity index (χ0) is 11.8. The molecule has 2 heteroatoms. The Labute approximate surface area is 102 Å². The molecule has 1 aromatic carbocycles. The lowest BCUT2D eigenvalue weighted by molar-refractivity contribution is -0.148. The molecule has 2 nitrogen and oxygen atoms in total. The minimum absolute atomic E-state index is 0.126. The van der Waals surface area contributed by atoms with Crippen LogP contribution in [0.3, 0.4) is 0 Å². The van der Waals surface area contributed by atoms with Crippen molar-refractivity contribution in [3.8, 4) is 0 Å². The summed E-state index contributed by atoms with van der Waals surface area (Å²) in [5.41, 5.74) is 1.46. The van der Waals surface area contributed by atoms with E-state index in [1.807, 2.05) is 0 Å². The van der Waals surface area contributed by atoms with Gasteiger partial charge in [-0.3, -0.25) is 4.79 Å². The van der Waals surface area contributed by atoms with Crippen molar-refractivity contribution >= 4 is 5.97 Å². The molecule has 2 aliphatic carbocycles. The van der Waals surface area contributed by atoms with Crippen LogP contribution in [0.4, 0.5) is 0 Å². The molecule has 2 saturated carbocycles. The van der Waals surface area contributed by atoms with E-state index >= 15 is 0 Å². The molecule has 2 aliphatic rings. The second-order valence-electron chi connectivity index (χ2n) is 5.39. The Morgan fingerprint density at radius 2 is 1.88 bits per heavy atom. The Bertz CT molecular complexity index is 412. The van der Waals surface area contributed by atoms with E-state index in [0.717, 1.165) is 6.42 Å². The fourth-order valence-corrected chi connectivity index (χ4v) is 3.69. The molecular formula is C15H18O2. The van der Waals surface area contributed by atoms with Crippen molar-refractivity contribution in [2.45, 2.75) is 38.2 Å². The number of hydrogen-bond donors (Lipinski definition) is 0. The van der Waals surface area contributed by atoms with Crippen LogP contribution in [0.25, 0.3) is 0 Å². The van der Waals surface area contributed by atoms with Gasteiger partial charge < -0.3 is 4.74 Å². The van der Waals surface area contributed by atoms with Crippen LogP contribution in [0.2, 0.25) is 0 Å². The molecule has 17 heavy (non-hydrogen) atoms. The molecule has 0 N–H and O–H groups in total. The molecule has 0 unspecified atom stereocenters. The van der Waals surface area contributed by atoms with Crippen molar-refractivity contribution in [3.63, 3.8) is 0 Å². The largest absolute Gasteiger partial charge is 0.462 e. The summed E-state index contributed by atoms with van der Waals surface area (Å²) in [5.74, 6) is 1.87. The third-order valence-electron chi connectivity index (χ3n) is 4.34. The summed E-state index contributed by atoms with van der Waals surface area (Å²) in [6.07, 6.45) is 3.67. The minimum atomic E-state index is -0.126. The smallest absolute Gasteiger partial charge is 0.302 e. The highest BCUT2D eigenvalue weighted by molar-refractivity contribution is 5.66. The molecule has 1 aromatic rings. The predicted molar refractivity (Wildman–Crippen MR) is 65.6 cm³/mol. The van der Waals surface area contributed by atoms with E-state index in [2.05, 4.69) is 30.3 Å². The summed E-state index contributed by atoms with van der Waals surface area (Å²) in [4.78, 5) is 11.0. The van der Waals surface area contributed by atoms with Gasteiger partial charge in [-0.25, -0.2) is 0 Å². The van der Waals surface area contributed by atoms with Gasteiger partial charge in [0.05, 0.1) is 0 Å². The topological polar surface area (TPSA) is 26.3 Å². The highest BCUT2D eigenvalue weighted by atomic mass is 16.5. The monoisotopic (exact) mass is 230 g/mol. The number of ether oxygens (including phenoxy) is 1. The van der Waals surface area contributed by atoms with Crippen LogP contribution in [0.5, 0.6) is 0 Å². The molecule has 90 valence electrons. The normalized spacial score (nSPS) is 34.9. The summed E-state index contributed by atoms with van der Waals surface area (Å²) in [6.45, 7) is 1.51. The van der Waals surface area contributed by atoms with Gasteiger partial charge in [0.25, 0.3) is 0 Å². The predicted octanol–water partition coefficient (Wildman–Crippen LogP) is 3.13. The van der Waals surface area contributed by atoms with Crippen LogP contribution < -0.4 is 0 Å². The number of esters is 1. The first-order valence-electron chi connectivity index (χ1n) is 6.46. The summed E-state index contributed by atoms with van der Waals surface area (Å²) in [6, 6.07) is 10.8. The first-order valence-corrected chi connectivity index (χ1v) is 6.46. The van der Waals surface area contributed by atoms with E-state index in [1.165, 1.54) is 25.3 Å². The minimum Gasteiger partial charge on any atom is -0.462 e. The van der Waals surface area contributed by atoms with Crippen LogP contribution in [-0.4, -0.2) is 12.1 Å². The molecule has 0 amide bonds. The van der Waals surface area contributed by atoms with Gasteiger partial charge in [0.15, 0.2) is 0 Å². The molecule has 0 aliphatic heterocycles. The van der Waals surface area contributed by atoms with E-state index in [9.17, 15) is 4.79 Å². The van der Waals surface area contributed by atoms with Crippen LogP contribution in [0.1, 0.15) is 37.7 Å². The van der Waals surface area contributed by atoms with Crippen molar-refractivity contribution in [1.82, 2.24) is 0 Å². The summed E-state index contributed by atoms with van der Waals surface area (Å²) >= 11 is 0. The van der Waals surface area contributed by atoms with Crippen molar-refractivity contribution < 1.29 is 9.53 Å². The highest BCUT2D eigenvalue weighted by Crippen LogP contribution is 2.53. The second-order valence-corrected chi connectivity index (χ2v) is 5.39. The average molecular weight is 230 g/mol. The SMILES string of the molecule is CC(=O)O[C@@H]1C[C@@H]2C[C@H]1C[C@H]2c1ccccc1. The number of carbonyl (C=O) groups excluding carboxylic acids is 1. The molecule has 0 aromatic heterocycles. The zero-order valence-electron chi connectivity index (χ0n) is 10.1. The molecule has 0 heterocycles. The molecular weight excluding hydrogens is 212 g/mol. The van der Waals surface area contributed by atoms with E-state index in [1.54, 1.807) is 0 Å². The lowest BCUT2D eigenvalue weighted by atomic mass is 9.82. The van der Waals surface area contributed by atoms with E-state index in [0.29, 0.717) is 17.8 Å². The summed E-state index contributed by atoms with van der Waals surface area (Å²) < 4.78 is 5.39. The number of rotatable bonds is 2. The van der Waals surface area contributed by atoms with E-state index in [-0.39, 0.29) is 12.1 Å². The van der Waals surface area contributed by atoms with E-state index in [4.69, 9.17) is 4.74 Å². The third-order valence-corrected chi connectivity index (χ3v) is 4.34. The third kappa shape index (κ3) is 1.97. The molecule has 2 fully saturated rings. The standard InChI is InChI=1S/C15H18O2/c1-10(16)17-15-9-12-7-13(15)8-14(12)11-5-3-2-4-6-11/h2-6,12-15H,7-9H2,1H3/t12-,13-,14-,15+/m0/s1. The maximum Gasteiger partial charge on any atom is 0.302 e. The number of benzene rings is 1. The van der Waals surface area contributed by atoms with Crippen molar-refractivity contribution in [2.75, 3.05) is 0 Å². The van der Waals surface area contributed by atoms with Gasteiger partial charge in [0, 0.05) is 6.92 Å². The van der Waals surface area contributed by atoms with Crippen molar-refractivity contribution in [1.29, 1.82) is 0 Å². The maximum atomic E-state index is 11.0. The lowest BCUT2D eigenvalue weighted by Crippen LogP contribution is -2.25. The van der Waals surface area contributed by atoms with Gasteiger partial charge >= 0.3 is 5.97 Å². The van der Waals surface area contributed by atoms with Gasteiger partial charge in [-0.15, -0.1) is 0 Å². The van der Waals surface area contributed by atoms with Crippen LogP contribution >= 0.6 is 0 Å². The fourth-order valence-electron chi connectivity index (χ4n) is 3.69. The Morgan fingerprint density at radius 3 is 2.47 bits per heavy atom. The lowest BCUT2D eigenvalue weighted by Gasteiger charge is -2.27. The first kappa shape index (κ1) is 10.8. The van der Waals surface area contributed by atoms with Gasteiger partial charge in [0.1, 0.15) is 6.10 Å². The molecule has 2 bridgehead atoms. The molecule has 0 saturated heterocycles.